The van der Waals surface area contributed by atoms with Gasteiger partial charge in [-0.2, -0.15) is 0 Å². The van der Waals surface area contributed by atoms with Gasteiger partial charge < -0.3 is 14.7 Å². The molecule has 0 atom stereocenters. The summed E-state index contributed by atoms with van der Waals surface area (Å²) in [7, 11) is 1.69. The van der Waals surface area contributed by atoms with Gasteiger partial charge in [0.2, 0.25) is 0 Å². The minimum absolute atomic E-state index is 0.184. The van der Waals surface area contributed by atoms with Crippen molar-refractivity contribution in [1.29, 1.82) is 0 Å². The van der Waals surface area contributed by atoms with E-state index in [9.17, 15) is 4.79 Å². The highest BCUT2D eigenvalue weighted by molar-refractivity contribution is 5.70. The van der Waals surface area contributed by atoms with Crippen molar-refractivity contribution < 1.29 is 14.6 Å². The number of carboxylic acids is 1. The van der Waals surface area contributed by atoms with Crippen LogP contribution >= 0.6 is 0 Å². The summed E-state index contributed by atoms with van der Waals surface area (Å²) in [6.45, 7) is 5.70. The molecule has 0 aliphatic carbocycles. The van der Waals surface area contributed by atoms with Crippen molar-refractivity contribution in [3.8, 4) is 5.75 Å². The van der Waals surface area contributed by atoms with Crippen LogP contribution < -0.4 is 9.64 Å². The predicted octanol–water partition coefficient (Wildman–Crippen LogP) is 2.61. The molecule has 0 amide bonds. The molecule has 0 unspecified atom stereocenters. The highest BCUT2D eigenvalue weighted by atomic mass is 16.5. The number of ether oxygens (including phenoxy) is 1. The smallest absolute Gasteiger partial charge is 0.306 e. The lowest BCUT2D eigenvalue weighted by Gasteiger charge is -2.32. The molecular formula is C15H21NO3. The number of aliphatic carboxylic acids is 1. The monoisotopic (exact) mass is 263 g/mol. The van der Waals surface area contributed by atoms with Crippen LogP contribution in [0.3, 0.4) is 0 Å². The second kappa shape index (κ2) is 5.51. The van der Waals surface area contributed by atoms with Crippen molar-refractivity contribution >= 4 is 11.7 Å². The third kappa shape index (κ3) is 2.83. The van der Waals surface area contributed by atoms with Crippen LogP contribution in [0.25, 0.3) is 0 Å². The molecule has 4 heteroatoms. The molecule has 2 rings (SSSR count). The number of benzene rings is 1. The Hall–Kier alpha value is -1.71. The van der Waals surface area contributed by atoms with Crippen molar-refractivity contribution in [2.45, 2.75) is 26.7 Å². The molecule has 1 N–H and O–H groups in total. The highest BCUT2D eigenvalue weighted by Crippen LogP contribution is 2.31. The molecule has 0 spiro atoms. The van der Waals surface area contributed by atoms with Gasteiger partial charge in [-0.05, 0) is 49.9 Å². The van der Waals surface area contributed by atoms with E-state index in [1.807, 2.05) is 13.8 Å². The Balaban J connectivity index is 2.14. The minimum Gasteiger partial charge on any atom is -0.496 e. The second-order valence-electron chi connectivity index (χ2n) is 5.21. The van der Waals surface area contributed by atoms with E-state index in [4.69, 9.17) is 9.84 Å². The van der Waals surface area contributed by atoms with Gasteiger partial charge in [0, 0.05) is 18.8 Å². The van der Waals surface area contributed by atoms with Gasteiger partial charge in [-0.3, -0.25) is 4.79 Å². The van der Waals surface area contributed by atoms with Gasteiger partial charge in [0.05, 0.1) is 13.0 Å². The van der Waals surface area contributed by atoms with Gasteiger partial charge in [0.25, 0.3) is 0 Å². The van der Waals surface area contributed by atoms with E-state index in [1.54, 1.807) is 7.11 Å². The van der Waals surface area contributed by atoms with E-state index < -0.39 is 5.97 Å². The first kappa shape index (κ1) is 13.7. The van der Waals surface area contributed by atoms with Gasteiger partial charge in [0.15, 0.2) is 0 Å². The number of piperidine rings is 1. The van der Waals surface area contributed by atoms with Gasteiger partial charge in [0.1, 0.15) is 5.75 Å². The average Bonchev–Trinajstić information content (AvgIpc) is 2.38. The van der Waals surface area contributed by atoms with Gasteiger partial charge in [-0.25, -0.2) is 0 Å². The molecular weight excluding hydrogens is 242 g/mol. The summed E-state index contributed by atoms with van der Waals surface area (Å²) in [6, 6.07) is 4.24. The summed E-state index contributed by atoms with van der Waals surface area (Å²) in [6.07, 6.45) is 1.44. The molecule has 1 aromatic carbocycles. The molecule has 1 saturated heterocycles. The van der Waals surface area contributed by atoms with Crippen LogP contribution in [0.4, 0.5) is 5.69 Å². The van der Waals surface area contributed by atoms with Crippen LogP contribution in [-0.4, -0.2) is 31.3 Å². The van der Waals surface area contributed by atoms with Gasteiger partial charge in [-0.15, -0.1) is 0 Å². The molecule has 0 bridgehead atoms. The number of anilines is 1. The SMILES string of the molecule is COc1c(C)cc(N2CCC(C(=O)O)CC2)cc1C. The number of hydrogen-bond donors (Lipinski definition) is 1. The highest BCUT2D eigenvalue weighted by Gasteiger charge is 2.25. The van der Waals surface area contributed by atoms with Crippen LogP contribution in [0.5, 0.6) is 5.75 Å². The second-order valence-corrected chi connectivity index (χ2v) is 5.21. The maximum Gasteiger partial charge on any atom is 0.306 e. The Bertz CT molecular complexity index is 453. The summed E-state index contributed by atoms with van der Waals surface area (Å²) in [5, 5.41) is 9.02. The molecule has 1 fully saturated rings. The van der Waals surface area contributed by atoms with E-state index in [0.29, 0.717) is 0 Å². The van der Waals surface area contributed by atoms with Gasteiger partial charge >= 0.3 is 5.97 Å². The number of methoxy groups -OCH3 is 1. The molecule has 104 valence electrons. The average molecular weight is 263 g/mol. The van der Waals surface area contributed by atoms with Crippen molar-refractivity contribution in [3.05, 3.63) is 23.3 Å². The molecule has 19 heavy (non-hydrogen) atoms. The molecule has 4 nitrogen and oxygen atoms in total. The van der Waals surface area contributed by atoms with E-state index >= 15 is 0 Å². The zero-order valence-corrected chi connectivity index (χ0v) is 11.8. The lowest BCUT2D eigenvalue weighted by atomic mass is 9.96. The molecule has 0 aromatic heterocycles. The van der Waals surface area contributed by atoms with E-state index in [0.717, 1.165) is 42.8 Å². The summed E-state index contributed by atoms with van der Waals surface area (Å²) in [5.74, 6) is 0.0857. The number of nitrogens with zero attached hydrogens (tertiary/aromatic N) is 1. The molecule has 1 aliphatic heterocycles. The fraction of sp³-hybridized carbons (Fsp3) is 0.533. The van der Waals surface area contributed by atoms with Crippen molar-refractivity contribution in [2.24, 2.45) is 5.92 Å². The van der Waals surface area contributed by atoms with Crippen LogP contribution in [0, 0.1) is 19.8 Å². The minimum atomic E-state index is -0.665. The lowest BCUT2D eigenvalue weighted by molar-refractivity contribution is -0.142. The number of hydrogen-bond acceptors (Lipinski definition) is 3. The fourth-order valence-electron chi connectivity index (χ4n) is 2.82. The molecule has 1 aromatic rings. The largest absolute Gasteiger partial charge is 0.496 e. The summed E-state index contributed by atoms with van der Waals surface area (Å²) >= 11 is 0. The first-order chi connectivity index (χ1) is 9.02. The lowest BCUT2D eigenvalue weighted by Crippen LogP contribution is -2.36. The third-order valence-corrected chi connectivity index (χ3v) is 3.86. The molecule has 0 radical (unpaired) electrons. The Kier molecular flexibility index (Phi) is 3.98. The van der Waals surface area contributed by atoms with Gasteiger partial charge in [-0.1, -0.05) is 0 Å². The van der Waals surface area contributed by atoms with Crippen LogP contribution in [0.15, 0.2) is 12.1 Å². The summed E-state index contributed by atoms with van der Waals surface area (Å²) in [5.41, 5.74) is 3.41. The quantitative estimate of drug-likeness (QED) is 0.910. The molecule has 1 heterocycles. The topological polar surface area (TPSA) is 49.8 Å². The van der Waals surface area contributed by atoms with E-state index in [2.05, 4.69) is 17.0 Å². The van der Waals surface area contributed by atoms with Crippen LogP contribution in [0.1, 0.15) is 24.0 Å². The first-order valence-electron chi connectivity index (χ1n) is 6.66. The maximum atomic E-state index is 11.0. The normalized spacial score (nSPS) is 16.5. The van der Waals surface area contributed by atoms with Crippen LogP contribution in [-0.2, 0) is 4.79 Å². The Labute approximate surface area is 114 Å². The van der Waals surface area contributed by atoms with Crippen molar-refractivity contribution in [3.63, 3.8) is 0 Å². The summed E-state index contributed by atoms with van der Waals surface area (Å²) in [4.78, 5) is 13.2. The molecule has 0 saturated carbocycles. The van der Waals surface area contributed by atoms with E-state index in [1.165, 1.54) is 5.69 Å². The standard InChI is InChI=1S/C15H21NO3/c1-10-8-13(9-11(2)14(10)19-3)16-6-4-12(5-7-16)15(17)18/h8-9,12H,4-7H2,1-3H3,(H,17,18). The zero-order chi connectivity index (χ0) is 14.0. The number of carboxylic acid groups (broad SMARTS) is 1. The van der Waals surface area contributed by atoms with E-state index in [-0.39, 0.29) is 5.92 Å². The number of aryl methyl sites for hydroxylation is 2. The fourth-order valence-corrected chi connectivity index (χ4v) is 2.82. The third-order valence-electron chi connectivity index (χ3n) is 3.86. The van der Waals surface area contributed by atoms with Crippen molar-refractivity contribution in [1.82, 2.24) is 0 Å². The summed E-state index contributed by atoms with van der Waals surface area (Å²) < 4.78 is 5.37. The van der Waals surface area contributed by atoms with Crippen LogP contribution in [0.2, 0.25) is 0 Å². The predicted molar refractivity (Wildman–Crippen MR) is 75.0 cm³/mol. The Morgan fingerprint density at radius 2 is 1.79 bits per heavy atom. The Morgan fingerprint density at radius 1 is 1.26 bits per heavy atom. The number of rotatable bonds is 3. The molecule has 1 aliphatic rings. The maximum absolute atomic E-state index is 11.0. The number of carbonyl (C=O) groups is 1. The zero-order valence-electron chi connectivity index (χ0n) is 11.8. The first-order valence-corrected chi connectivity index (χ1v) is 6.66. The van der Waals surface area contributed by atoms with Crippen molar-refractivity contribution in [2.75, 3.05) is 25.1 Å². The Morgan fingerprint density at radius 3 is 2.21 bits per heavy atom.